The summed E-state index contributed by atoms with van der Waals surface area (Å²) in [5, 5.41) is 12.5. The average molecular weight is 438 g/mol. The van der Waals surface area contributed by atoms with Gasteiger partial charge in [0.05, 0.1) is 23.7 Å². The van der Waals surface area contributed by atoms with Gasteiger partial charge in [-0.2, -0.15) is 0 Å². The normalized spacial score (nSPS) is 13.4. The number of nitrogens with zero attached hydrogens (tertiary/aromatic N) is 4. The van der Waals surface area contributed by atoms with Crippen molar-refractivity contribution in [3.05, 3.63) is 54.1 Å². The van der Waals surface area contributed by atoms with E-state index < -0.39 is 0 Å². The summed E-state index contributed by atoms with van der Waals surface area (Å²) < 4.78 is 7.65. The number of nitrogens with one attached hydrogen (secondary N) is 1. The average Bonchev–Trinajstić information content (AvgIpc) is 3.44. The zero-order valence-corrected chi connectivity index (χ0v) is 18.7. The summed E-state index contributed by atoms with van der Waals surface area (Å²) in [7, 11) is 0. The Morgan fingerprint density at radius 2 is 1.84 bits per heavy atom. The van der Waals surface area contributed by atoms with Crippen LogP contribution in [0.1, 0.15) is 25.3 Å². The predicted molar refractivity (Wildman–Crippen MR) is 125 cm³/mol. The van der Waals surface area contributed by atoms with Crippen LogP contribution in [0.4, 0.5) is 11.6 Å². The van der Waals surface area contributed by atoms with E-state index >= 15 is 0 Å². The first-order valence-corrected chi connectivity index (χ1v) is 11.6. The number of aromatic nitrogens is 3. The maximum Gasteiger partial charge on any atom is 0.234 e. The van der Waals surface area contributed by atoms with E-state index in [2.05, 4.69) is 56.2 Å². The second kappa shape index (κ2) is 9.87. The predicted octanol–water partition coefficient (Wildman–Crippen LogP) is 4.31. The van der Waals surface area contributed by atoms with E-state index in [0.717, 1.165) is 37.6 Å². The monoisotopic (exact) mass is 437 g/mol. The number of aryl methyl sites for hydroxylation is 1. The maximum atomic E-state index is 12.6. The lowest BCUT2D eigenvalue weighted by atomic mass is 10.2. The standard InChI is InChI=1S/C23H27N5O2S/c1-3-30-20-9-5-4-8-19(20)24-21(29)16-31-23-26-25-22(27-14-6-7-15-27)28(23)18-12-10-17(2)11-13-18/h4-5,8-13H,3,6-7,14-16H2,1-2H3,(H,24,29). The lowest BCUT2D eigenvalue weighted by Crippen LogP contribution is -2.22. The van der Waals surface area contributed by atoms with Crippen LogP contribution in [0.5, 0.6) is 5.75 Å². The summed E-state index contributed by atoms with van der Waals surface area (Å²) in [5.41, 5.74) is 2.87. The number of anilines is 2. The van der Waals surface area contributed by atoms with Gasteiger partial charge < -0.3 is 15.0 Å². The zero-order valence-electron chi connectivity index (χ0n) is 17.9. The van der Waals surface area contributed by atoms with Gasteiger partial charge in [-0.25, -0.2) is 0 Å². The number of hydrogen-bond acceptors (Lipinski definition) is 6. The van der Waals surface area contributed by atoms with Crippen LogP contribution >= 0.6 is 11.8 Å². The molecule has 0 radical (unpaired) electrons. The fourth-order valence-corrected chi connectivity index (χ4v) is 4.31. The number of carbonyl (C=O) groups is 1. The first kappa shape index (κ1) is 21.2. The highest BCUT2D eigenvalue weighted by Gasteiger charge is 2.23. The number of para-hydroxylation sites is 2. The van der Waals surface area contributed by atoms with E-state index in [-0.39, 0.29) is 11.7 Å². The molecule has 0 spiro atoms. The summed E-state index contributed by atoms with van der Waals surface area (Å²) in [6.45, 7) is 6.48. The van der Waals surface area contributed by atoms with Gasteiger partial charge in [-0.05, 0) is 51.0 Å². The van der Waals surface area contributed by atoms with Gasteiger partial charge in [-0.15, -0.1) is 10.2 Å². The molecule has 7 nitrogen and oxygen atoms in total. The number of thioether (sulfide) groups is 1. The third kappa shape index (κ3) is 5.02. The molecule has 2 aromatic carbocycles. The lowest BCUT2D eigenvalue weighted by Gasteiger charge is -2.18. The second-order valence-corrected chi connectivity index (χ2v) is 8.36. The molecule has 0 bridgehead atoms. The van der Waals surface area contributed by atoms with Crippen LogP contribution in [-0.2, 0) is 4.79 Å². The summed E-state index contributed by atoms with van der Waals surface area (Å²) in [6.07, 6.45) is 2.32. The molecule has 8 heteroatoms. The van der Waals surface area contributed by atoms with Crippen molar-refractivity contribution in [2.24, 2.45) is 0 Å². The SMILES string of the molecule is CCOc1ccccc1NC(=O)CSc1nnc(N2CCCC2)n1-c1ccc(C)cc1. The van der Waals surface area contributed by atoms with Crippen LogP contribution in [0, 0.1) is 6.92 Å². The van der Waals surface area contributed by atoms with Gasteiger partial charge >= 0.3 is 0 Å². The third-order valence-corrected chi connectivity index (χ3v) is 6.02. The number of carbonyl (C=O) groups excluding carboxylic acids is 1. The van der Waals surface area contributed by atoms with Crippen LogP contribution in [0.15, 0.2) is 53.7 Å². The van der Waals surface area contributed by atoms with Crippen LogP contribution in [0.2, 0.25) is 0 Å². The first-order valence-electron chi connectivity index (χ1n) is 10.6. The topological polar surface area (TPSA) is 72.3 Å². The molecule has 1 saturated heterocycles. The Kier molecular flexibility index (Phi) is 6.76. The Morgan fingerprint density at radius 3 is 2.58 bits per heavy atom. The highest BCUT2D eigenvalue weighted by molar-refractivity contribution is 7.99. The maximum absolute atomic E-state index is 12.6. The van der Waals surface area contributed by atoms with E-state index in [1.807, 2.05) is 31.2 Å². The van der Waals surface area contributed by atoms with Crippen molar-refractivity contribution in [1.29, 1.82) is 0 Å². The van der Waals surface area contributed by atoms with Gasteiger partial charge in [-0.3, -0.25) is 9.36 Å². The Labute approximate surface area is 186 Å². The van der Waals surface area contributed by atoms with E-state index in [1.54, 1.807) is 0 Å². The fraction of sp³-hybridized carbons (Fsp3) is 0.348. The van der Waals surface area contributed by atoms with Crippen LogP contribution < -0.4 is 15.0 Å². The highest BCUT2D eigenvalue weighted by Crippen LogP contribution is 2.29. The summed E-state index contributed by atoms with van der Waals surface area (Å²) in [6, 6.07) is 15.8. The smallest absolute Gasteiger partial charge is 0.234 e. The molecule has 1 amide bonds. The largest absolute Gasteiger partial charge is 0.492 e. The number of rotatable bonds is 8. The number of ether oxygens (including phenoxy) is 1. The minimum atomic E-state index is -0.113. The minimum absolute atomic E-state index is 0.113. The van der Waals surface area contributed by atoms with Gasteiger partial charge in [0.25, 0.3) is 0 Å². The second-order valence-electron chi connectivity index (χ2n) is 7.41. The van der Waals surface area contributed by atoms with Gasteiger partial charge in [-0.1, -0.05) is 41.6 Å². The van der Waals surface area contributed by atoms with Gasteiger partial charge in [0.1, 0.15) is 5.75 Å². The molecule has 2 heterocycles. The number of hydrogen-bond donors (Lipinski definition) is 1. The van der Waals surface area contributed by atoms with Crippen molar-refractivity contribution in [2.75, 3.05) is 35.7 Å². The number of amides is 1. The Hall–Kier alpha value is -3.00. The Bertz CT molecular complexity index is 1030. The van der Waals surface area contributed by atoms with Gasteiger partial charge in [0.15, 0.2) is 5.16 Å². The van der Waals surface area contributed by atoms with Crippen LogP contribution in [0.3, 0.4) is 0 Å². The quantitative estimate of drug-likeness (QED) is 0.530. The molecule has 1 aromatic heterocycles. The molecule has 1 aliphatic heterocycles. The summed E-state index contributed by atoms with van der Waals surface area (Å²) >= 11 is 1.38. The van der Waals surface area contributed by atoms with Crippen molar-refractivity contribution in [1.82, 2.24) is 14.8 Å². The highest BCUT2D eigenvalue weighted by atomic mass is 32.2. The van der Waals surface area contributed by atoms with Crippen molar-refractivity contribution in [2.45, 2.75) is 31.8 Å². The minimum Gasteiger partial charge on any atom is -0.492 e. The lowest BCUT2D eigenvalue weighted by molar-refractivity contribution is -0.113. The van der Waals surface area contributed by atoms with Crippen molar-refractivity contribution >= 4 is 29.3 Å². The molecule has 162 valence electrons. The van der Waals surface area contributed by atoms with E-state index in [0.29, 0.717) is 23.2 Å². The Balaban J connectivity index is 1.52. The Morgan fingerprint density at radius 1 is 1.10 bits per heavy atom. The van der Waals surface area contributed by atoms with Crippen LogP contribution in [0.25, 0.3) is 5.69 Å². The van der Waals surface area contributed by atoms with Gasteiger partial charge in [0.2, 0.25) is 11.9 Å². The zero-order chi connectivity index (χ0) is 21.6. The van der Waals surface area contributed by atoms with Crippen molar-refractivity contribution < 1.29 is 9.53 Å². The van der Waals surface area contributed by atoms with E-state index in [1.165, 1.54) is 17.3 Å². The molecule has 0 aliphatic carbocycles. The molecular weight excluding hydrogens is 410 g/mol. The molecular formula is C23H27N5O2S. The molecule has 31 heavy (non-hydrogen) atoms. The number of benzene rings is 2. The molecule has 4 rings (SSSR count). The molecule has 1 N–H and O–H groups in total. The summed E-state index contributed by atoms with van der Waals surface area (Å²) in [4.78, 5) is 14.9. The van der Waals surface area contributed by atoms with Gasteiger partial charge in [0, 0.05) is 13.1 Å². The first-order chi connectivity index (χ1) is 15.2. The van der Waals surface area contributed by atoms with Crippen molar-refractivity contribution in [3.8, 4) is 11.4 Å². The molecule has 1 fully saturated rings. The molecule has 0 saturated carbocycles. The molecule has 3 aromatic rings. The fourth-order valence-electron chi connectivity index (χ4n) is 3.57. The molecule has 0 atom stereocenters. The van der Waals surface area contributed by atoms with Crippen molar-refractivity contribution in [3.63, 3.8) is 0 Å². The van der Waals surface area contributed by atoms with E-state index in [9.17, 15) is 4.79 Å². The summed E-state index contributed by atoms with van der Waals surface area (Å²) in [5.74, 6) is 1.62. The molecule has 1 aliphatic rings. The van der Waals surface area contributed by atoms with E-state index in [4.69, 9.17) is 4.74 Å². The van der Waals surface area contributed by atoms with Crippen LogP contribution in [-0.4, -0.2) is 46.1 Å². The third-order valence-electron chi connectivity index (χ3n) is 5.09. The molecule has 0 unspecified atom stereocenters.